The van der Waals surface area contributed by atoms with Crippen LogP contribution >= 0.6 is 0 Å². The minimum atomic E-state index is -0.396. The van der Waals surface area contributed by atoms with Gasteiger partial charge in [-0.05, 0) is 30.2 Å². The van der Waals surface area contributed by atoms with Crippen molar-refractivity contribution in [3.8, 4) is 5.75 Å². The zero-order valence-electron chi connectivity index (χ0n) is 14.1. The van der Waals surface area contributed by atoms with Crippen LogP contribution in [0.2, 0.25) is 0 Å². The first kappa shape index (κ1) is 16.8. The lowest BCUT2D eigenvalue weighted by molar-refractivity contribution is -0.117. The Balaban J connectivity index is 2.18. The Kier molecular flexibility index (Phi) is 4.84. The SMILES string of the molecule is Cc1c(CC(N)=O)c2c(OCC=O)cccc2n1Cc1ccccc1. The predicted molar refractivity (Wildman–Crippen MR) is 96.7 cm³/mol. The number of carbonyl (C=O) groups is 2. The number of amides is 1. The zero-order valence-corrected chi connectivity index (χ0v) is 14.1. The second-order valence-electron chi connectivity index (χ2n) is 5.91. The number of carbonyl (C=O) groups excluding carboxylic acids is 2. The van der Waals surface area contributed by atoms with Gasteiger partial charge in [0, 0.05) is 17.6 Å². The Morgan fingerprint density at radius 3 is 2.60 bits per heavy atom. The number of hydrogen-bond donors (Lipinski definition) is 1. The van der Waals surface area contributed by atoms with Crippen molar-refractivity contribution in [1.29, 1.82) is 0 Å². The number of aromatic nitrogens is 1. The number of ether oxygens (including phenoxy) is 1. The Hall–Kier alpha value is -3.08. The minimum Gasteiger partial charge on any atom is -0.485 e. The molecular formula is C20H20N2O3. The van der Waals surface area contributed by atoms with Crippen molar-refractivity contribution in [1.82, 2.24) is 4.57 Å². The summed E-state index contributed by atoms with van der Waals surface area (Å²) in [4.78, 5) is 22.3. The van der Waals surface area contributed by atoms with Crippen molar-refractivity contribution < 1.29 is 14.3 Å². The van der Waals surface area contributed by atoms with Gasteiger partial charge in [-0.3, -0.25) is 9.59 Å². The van der Waals surface area contributed by atoms with Crippen molar-refractivity contribution >= 4 is 23.1 Å². The quantitative estimate of drug-likeness (QED) is 0.674. The lowest BCUT2D eigenvalue weighted by Gasteiger charge is -2.09. The van der Waals surface area contributed by atoms with Gasteiger partial charge in [-0.15, -0.1) is 0 Å². The second-order valence-corrected chi connectivity index (χ2v) is 5.91. The van der Waals surface area contributed by atoms with Gasteiger partial charge >= 0.3 is 0 Å². The average molecular weight is 336 g/mol. The molecule has 0 saturated carbocycles. The summed E-state index contributed by atoms with van der Waals surface area (Å²) in [7, 11) is 0. The van der Waals surface area contributed by atoms with Gasteiger partial charge in [0.15, 0.2) is 6.29 Å². The van der Waals surface area contributed by atoms with Crippen LogP contribution in [0.1, 0.15) is 16.8 Å². The molecule has 0 aliphatic carbocycles. The molecule has 2 N–H and O–H groups in total. The van der Waals surface area contributed by atoms with Gasteiger partial charge in [0.25, 0.3) is 0 Å². The standard InChI is InChI=1S/C20H20N2O3/c1-14-16(12-19(21)24)20-17(8-5-9-18(20)25-11-10-23)22(14)13-15-6-3-2-4-7-15/h2-10H,11-13H2,1H3,(H2,21,24). The first-order valence-electron chi connectivity index (χ1n) is 8.11. The van der Waals surface area contributed by atoms with Crippen molar-refractivity contribution in [2.75, 3.05) is 6.61 Å². The van der Waals surface area contributed by atoms with E-state index in [1.807, 2.05) is 43.3 Å². The van der Waals surface area contributed by atoms with E-state index in [0.29, 0.717) is 18.6 Å². The number of rotatable bonds is 7. The highest BCUT2D eigenvalue weighted by molar-refractivity contribution is 5.94. The van der Waals surface area contributed by atoms with Gasteiger partial charge in [-0.25, -0.2) is 0 Å². The highest BCUT2D eigenvalue weighted by atomic mass is 16.5. The van der Waals surface area contributed by atoms with Crippen molar-refractivity contribution in [3.63, 3.8) is 0 Å². The molecular weight excluding hydrogens is 316 g/mol. The monoisotopic (exact) mass is 336 g/mol. The van der Waals surface area contributed by atoms with E-state index in [9.17, 15) is 9.59 Å². The van der Waals surface area contributed by atoms with Crippen LogP contribution in [0.25, 0.3) is 10.9 Å². The number of benzene rings is 2. The predicted octanol–water partition coefficient (Wildman–Crippen LogP) is 2.60. The van der Waals surface area contributed by atoms with E-state index in [1.165, 1.54) is 0 Å². The van der Waals surface area contributed by atoms with Crippen molar-refractivity contribution in [2.24, 2.45) is 5.73 Å². The third-order valence-corrected chi connectivity index (χ3v) is 4.28. The molecule has 5 heteroatoms. The van der Waals surface area contributed by atoms with Gasteiger partial charge in [-0.1, -0.05) is 36.4 Å². The number of primary amides is 1. The first-order valence-corrected chi connectivity index (χ1v) is 8.11. The maximum Gasteiger partial charge on any atom is 0.221 e. The van der Waals surface area contributed by atoms with Gasteiger partial charge in [0.2, 0.25) is 5.91 Å². The molecule has 1 amide bonds. The summed E-state index contributed by atoms with van der Waals surface area (Å²) in [5, 5.41) is 0.844. The molecule has 0 fully saturated rings. The molecule has 0 unspecified atom stereocenters. The van der Waals surface area contributed by atoms with Crippen LogP contribution in [0.4, 0.5) is 0 Å². The van der Waals surface area contributed by atoms with Gasteiger partial charge in [-0.2, -0.15) is 0 Å². The smallest absolute Gasteiger partial charge is 0.221 e. The van der Waals surface area contributed by atoms with Crippen molar-refractivity contribution in [2.45, 2.75) is 19.9 Å². The van der Waals surface area contributed by atoms with Gasteiger partial charge < -0.3 is 15.0 Å². The van der Waals surface area contributed by atoms with Gasteiger partial charge in [0.1, 0.15) is 12.4 Å². The van der Waals surface area contributed by atoms with Crippen LogP contribution in [-0.4, -0.2) is 23.4 Å². The number of nitrogens with zero attached hydrogens (tertiary/aromatic N) is 1. The Bertz CT molecular complexity index is 914. The Morgan fingerprint density at radius 1 is 1.16 bits per heavy atom. The molecule has 0 aliphatic heterocycles. The molecule has 1 heterocycles. The molecule has 1 aromatic heterocycles. The molecule has 3 rings (SSSR count). The summed E-state index contributed by atoms with van der Waals surface area (Å²) < 4.78 is 7.73. The number of hydrogen-bond acceptors (Lipinski definition) is 3. The second kappa shape index (κ2) is 7.21. The van der Waals surface area contributed by atoms with E-state index >= 15 is 0 Å². The van der Waals surface area contributed by atoms with Crippen LogP contribution < -0.4 is 10.5 Å². The van der Waals surface area contributed by atoms with E-state index in [1.54, 1.807) is 0 Å². The molecule has 0 radical (unpaired) electrons. The van der Waals surface area contributed by atoms with E-state index in [0.717, 1.165) is 27.7 Å². The topological polar surface area (TPSA) is 74.3 Å². The van der Waals surface area contributed by atoms with Gasteiger partial charge in [0.05, 0.1) is 11.9 Å². The highest BCUT2D eigenvalue weighted by Crippen LogP contribution is 2.34. The molecule has 128 valence electrons. The molecule has 0 atom stereocenters. The number of nitrogens with two attached hydrogens (primary N) is 1. The zero-order chi connectivity index (χ0) is 17.8. The third-order valence-electron chi connectivity index (χ3n) is 4.28. The van der Waals surface area contributed by atoms with E-state index in [4.69, 9.17) is 10.5 Å². The largest absolute Gasteiger partial charge is 0.485 e. The fourth-order valence-corrected chi connectivity index (χ4v) is 3.18. The fourth-order valence-electron chi connectivity index (χ4n) is 3.18. The average Bonchev–Trinajstić information content (AvgIpc) is 2.87. The molecule has 0 saturated heterocycles. The van der Waals surface area contributed by atoms with Crippen molar-refractivity contribution in [3.05, 3.63) is 65.4 Å². The number of aldehydes is 1. The molecule has 0 aliphatic rings. The third kappa shape index (κ3) is 3.40. The summed E-state index contributed by atoms with van der Waals surface area (Å²) >= 11 is 0. The van der Waals surface area contributed by atoms with E-state index in [2.05, 4.69) is 16.7 Å². The van der Waals surface area contributed by atoms with Crippen LogP contribution in [0.5, 0.6) is 5.75 Å². The van der Waals surface area contributed by atoms with E-state index < -0.39 is 5.91 Å². The van der Waals surface area contributed by atoms with Crippen LogP contribution in [0.15, 0.2) is 48.5 Å². The summed E-state index contributed by atoms with van der Waals surface area (Å²) in [6, 6.07) is 15.8. The summed E-state index contributed by atoms with van der Waals surface area (Å²) in [5.74, 6) is 0.197. The summed E-state index contributed by atoms with van der Waals surface area (Å²) in [6.07, 6.45) is 0.839. The molecule has 3 aromatic rings. The fraction of sp³-hybridized carbons (Fsp3) is 0.200. The molecule has 5 nitrogen and oxygen atoms in total. The lowest BCUT2D eigenvalue weighted by Crippen LogP contribution is -2.14. The Morgan fingerprint density at radius 2 is 1.92 bits per heavy atom. The minimum absolute atomic E-state index is 0.0297. The van der Waals surface area contributed by atoms with Crippen LogP contribution in [0.3, 0.4) is 0 Å². The maximum atomic E-state index is 11.6. The Labute approximate surface area is 146 Å². The molecule has 2 aromatic carbocycles. The molecule has 0 bridgehead atoms. The highest BCUT2D eigenvalue weighted by Gasteiger charge is 2.19. The summed E-state index contributed by atoms with van der Waals surface area (Å²) in [5.41, 5.74) is 9.39. The maximum absolute atomic E-state index is 11.6. The molecule has 0 spiro atoms. The lowest BCUT2D eigenvalue weighted by atomic mass is 10.1. The van der Waals surface area contributed by atoms with Crippen LogP contribution in [-0.2, 0) is 22.6 Å². The van der Waals surface area contributed by atoms with Crippen LogP contribution in [0, 0.1) is 6.92 Å². The first-order chi connectivity index (χ1) is 12.1. The van der Waals surface area contributed by atoms with E-state index in [-0.39, 0.29) is 13.0 Å². The molecule has 25 heavy (non-hydrogen) atoms. The normalized spacial score (nSPS) is 10.8. The summed E-state index contributed by atoms with van der Waals surface area (Å²) in [6.45, 7) is 2.63. The number of fused-ring (bicyclic) bond motifs is 1.